The van der Waals surface area contributed by atoms with Gasteiger partial charge in [0.15, 0.2) is 5.69 Å². The minimum Gasteiger partial charge on any atom is -0.477 e. The zero-order valence-electron chi connectivity index (χ0n) is 18.0. The normalized spacial score (nSPS) is 14.2. The molecule has 0 aromatic carbocycles. The van der Waals surface area contributed by atoms with E-state index in [1.54, 1.807) is 31.9 Å². The van der Waals surface area contributed by atoms with Crippen molar-refractivity contribution in [3.63, 3.8) is 0 Å². The first-order valence-corrected chi connectivity index (χ1v) is 9.71. The second-order valence-corrected chi connectivity index (χ2v) is 7.08. The molecule has 0 amide bonds. The number of rotatable bonds is 11. The van der Waals surface area contributed by atoms with Crippen molar-refractivity contribution in [1.82, 2.24) is 15.2 Å². The van der Waals surface area contributed by atoms with Crippen LogP contribution in [0.4, 0.5) is 13.2 Å². The Morgan fingerprint density at radius 1 is 1.39 bits per heavy atom. The van der Waals surface area contributed by atoms with Crippen molar-refractivity contribution in [2.24, 2.45) is 0 Å². The largest absolute Gasteiger partial charge is 0.477 e. The van der Waals surface area contributed by atoms with Crippen molar-refractivity contribution in [3.05, 3.63) is 58.6 Å². The molecule has 1 atom stereocenters. The lowest BCUT2D eigenvalue weighted by Gasteiger charge is -2.27. The second kappa shape index (κ2) is 12.0. The van der Waals surface area contributed by atoms with E-state index in [0.717, 1.165) is 6.42 Å². The number of nitrogens with one attached hydrogen (secondary N) is 1. The van der Waals surface area contributed by atoms with E-state index in [2.05, 4.69) is 10.3 Å². The van der Waals surface area contributed by atoms with E-state index < -0.39 is 24.7 Å². The summed E-state index contributed by atoms with van der Waals surface area (Å²) >= 11 is 0. The van der Waals surface area contributed by atoms with Gasteiger partial charge in [0, 0.05) is 30.5 Å². The summed E-state index contributed by atoms with van der Waals surface area (Å²) < 4.78 is 37.5. The highest BCUT2D eigenvalue weighted by Crippen LogP contribution is 2.21. The number of carbonyl (C=O) groups is 2. The van der Waals surface area contributed by atoms with Crippen LogP contribution < -0.4 is 5.32 Å². The molecule has 1 aromatic rings. The molecule has 9 heteroatoms. The van der Waals surface area contributed by atoms with E-state index in [9.17, 15) is 27.9 Å². The van der Waals surface area contributed by atoms with E-state index in [1.807, 2.05) is 19.1 Å². The van der Waals surface area contributed by atoms with E-state index in [4.69, 9.17) is 0 Å². The fraction of sp³-hybridized carbons (Fsp3) is 0.409. The molecule has 31 heavy (non-hydrogen) atoms. The van der Waals surface area contributed by atoms with Crippen LogP contribution in [-0.4, -0.2) is 53.1 Å². The molecular formula is C22H28F3N3O3. The number of carboxylic acids is 1. The van der Waals surface area contributed by atoms with Gasteiger partial charge in [0.05, 0.1) is 0 Å². The molecule has 0 saturated carbocycles. The van der Waals surface area contributed by atoms with Crippen LogP contribution in [0.15, 0.2) is 41.8 Å². The first-order valence-electron chi connectivity index (χ1n) is 9.71. The Balaban J connectivity index is 3.25. The molecule has 6 nitrogen and oxygen atoms in total. The Labute approximate surface area is 180 Å². The zero-order chi connectivity index (χ0) is 23.6. The van der Waals surface area contributed by atoms with Gasteiger partial charge in [0.2, 0.25) is 0 Å². The standard InChI is InChI=1S/C22H28F3N3O3/c1-5-6-7-17-8-9-27-20(21(30)31)19(17)12-28(4)16(3)18(10-15(2)13-29)11-26-14-22(23,24)25/h6-11,13,16,26H,5,12,14H2,1-4H3,(H,30,31)/b7-6+,15-10?,18-11?. The molecule has 170 valence electrons. The molecule has 0 bridgehead atoms. The van der Waals surface area contributed by atoms with E-state index in [1.165, 1.54) is 18.5 Å². The van der Waals surface area contributed by atoms with Gasteiger partial charge >= 0.3 is 12.1 Å². The molecule has 0 fully saturated rings. The highest BCUT2D eigenvalue weighted by atomic mass is 19.4. The number of nitrogens with zero attached hydrogens (tertiary/aromatic N) is 2. The van der Waals surface area contributed by atoms with E-state index in [-0.39, 0.29) is 12.2 Å². The molecule has 0 aliphatic carbocycles. The van der Waals surface area contributed by atoms with Crippen molar-refractivity contribution in [2.45, 2.75) is 46.0 Å². The van der Waals surface area contributed by atoms with Gasteiger partial charge in [0.25, 0.3) is 0 Å². The van der Waals surface area contributed by atoms with Crippen LogP contribution in [0.1, 0.15) is 48.8 Å². The van der Waals surface area contributed by atoms with Crippen LogP contribution >= 0.6 is 0 Å². The number of aldehydes is 1. The van der Waals surface area contributed by atoms with Gasteiger partial charge in [-0.1, -0.05) is 19.1 Å². The molecule has 0 spiro atoms. The van der Waals surface area contributed by atoms with Crippen molar-refractivity contribution in [1.29, 1.82) is 0 Å². The number of hydrogen-bond acceptors (Lipinski definition) is 5. The molecule has 0 aliphatic heterocycles. The summed E-state index contributed by atoms with van der Waals surface area (Å²) in [4.78, 5) is 28.5. The van der Waals surface area contributed by atoms with Gasteiger partial charge in [-0.25, -0.2) is 9.78 Å². The summed E-state index contributed by atoms with van der Waals surface area (Å²) in [6, 6.07) is 1.28. The maximum atomic E-state index is 12.5. The van der Waals surface area contributed by atoms with Crippen LogP contribution in [0.25, 0.3) is 6.08 Å². The highest BCUT2D eigenvalue weighted by Gasteiger charge is 2.26. The topological polar surface area (TPSA) is 82.5 Å². The number of aromatic carboxylic acids is 1. The quantitative estimate of drug-likeness (QED) is 0.305. The minimum atomic E-state index is -4.38. The fourth-order valence-electron chi connectivity index (χ4n) is 2.76. The van der Waals surface area contributed by atoms with E-state index in [0.29, 0.717) is 28.6 Å². The first-order chi connectivity index (χ1) is 14.5. The van der Waals surface area contributed by atoms with Gasteiger partial charge in [-0.05, 0) is 56.2 Å². The van der Waals surface area contributed by atoms with Crippen LogP contribution in [0.5, 0.6) is 0 Å². The third-order valence-electron chi connectivity index (χ3n) is 4.53. The summed E-state index contributed by atoms with van der Waals surface area (Å²) in [7, 11) is 1.72. The number of likely N-dealkylation sites (N-methyl/N-ethyl adjacent to an activating group) is 1. The maximum Gasteiger partial charge on any atom is 0.405 e. The molecule has 1 unspecified atom stereocenters. The Morgan fingerprint density at radius 2 is 2.06 bits per heavy atom. The maximum absolute atomic E-state index is 12.5. The number of carbonyl (C=O) groups excluding carboxylic acids is 1. The summed E-state index contributed by atoms with van der Waals surface area (Å²) in [5, 5.41) is 11.8. The lowest BCUT2D eigenvalue weighted by atomic mass is 10.0. The average Bonchev–Trinajstić information content (AvgIpc) is 2.70. The molecule has 1 heterocycles. The van der Waals surface area contributed by atoms with Crippen molar-refractivity contribution in [2.75, 3.05) is 13.6 Å². The molecule has 0 aliphatic rings. The second-order valence-electron chi connectivity index (χ2n) is 7.08. The van der Waals surface area contributed by atoms with Gasteiger partial charge in [-0.15, -0.1) is 0 Å². The third-order valence-corrected chi connectivity index (χ3v) is 4.53. The number of pyridine rings is 1. The first kappa shape index (κ1) is 26.1. The molecule has 0 radical (unpaired) electrons. The van der Waals surface area contributed by atoms with Crippen molar-refractivity contribution in [3.8, 4) is 0 Å². The smallest absolute Gasteiger partial charge is 0.405 e. The predicted molar refractivity (Wildman–Crippen MR) is 113 cm³/mol. The van der Waals surface area contributed by atoms with Crippen molar-refractivity contribution >= 4 is 18.3 Å². The van der Waals surface area contributed by atoms with Gasteiger partial charge in [-0.2, -0.15) is 13.2 Å². The number of carboxylic acid groups (broad SMARTS) is 1. The Morgan fingerprint density at radius 3 is 2.61 bits per heavy atom. The number of hydrogen-bond donors (Lipinski definition) is 2. The van der Waals surface area contributed by atoms with Crippen LogP contribution in [0, 0.1) is 0 Å². The SMILES string of the molecule is CC/C=C/c1ccnc(C(=O)O)c1CN(C)C(C)C(C=C(C)C=O)=CNCC(F)(F)F. The van der Waals surface area contributed by atoms with Gasteiger partial charge < -0.3 is 10.4 Å². The molecular weight excluding hydrogens is 411 g/mol. The number of allylic oxidation sites excluding steroid dienone is 2. The summed E-state index contributed by atoms with van der Waals surface area (Å²) in [5.41, 5.74) is 1.90. The van der Waals surface area contributed by atoms with Gasteiger partial charge in [-0.3, -0.25) is 9.69 Å². The monoisotopic (exact) mass is 439 g/mol. The summed E-state index contributed by atoms with van der Waals surface area (Å²) in [6.45, 7) is 4.24. The lowest BCUT2D eigenvalue weighted by Crippen LogP contribution is -2.33. The molecule has 0 saturated heterocycles. The Bertz CT molecular complexity index is 861. The van der Waals surface area contributed by atoms with Crippen molar-refractivity contribution < 1.29 is 27.9 Å². The van der Waals surface area contributed by atoms with E-state index >= 15 is 0 Å². The zero-order valence-corrected chi connectivity index (χ0v) is 18.0. The molecule has 2 N–H and O–H groups in total. The van der Waals surface area contributed by atoms with Crippen LogP contribution in [-0.2, 0) is 11.3 Å². The third kappa shape index (κ3) is 8.75. The van der Waals surface area contributed by atoms with Gasteiger partial charge in [0.1, 0.15) is 12.8 Å². The number of aromatic nitrogens is 1. The fourth-order valence-corrected chi connectivity index (χ4v) is 2.76. The molecule has 1 rings (SSSR count). The average molecular weight is 439 g/mol. The predicted octanol–water partition coefficient (Wildman–Crippen LogP) is 4.20. The Hall–Kier alpha value is -2.94. The van der Waals surface area contributed by atoms with Crippen LogP contribution in [0.3, 0.4) is 0 Å². The number of alkyl halides is 3. The highest BCUT2D eigenvalue weighted by molar-refractivity contribution is 5.88. The summed E-state index contributed by atoms with van der Waals surface area (Å²) in [5.74, 6) is -1.16. The number of halogens is 3. The van der Waals surface area contributed by atoms with Crippen LogP contribution in [0.2, 0.25) is 0 Å². The Kier molecular flexibility index (Phi) is 10.1. The summed E-state index contributed by atoms with van der Waals surface area (Å²) in [6.07, 6.45) is 4.86. The molecule has 1 aromatic heterocycles. The lowest BCUT2D eigenvalue weighted by molar-refractivity contribution is -0.122. The minimum absolute atomic E-state index is 0.0855.